The Hall–Kier alpha value is -0.870. The van der Waals surface area contributed by atoms with Crippen LogP contribution in [0.5, 0.6) is 0 Å². The number of rotatable bonds is 4. The molecule has 1 aromatic rings. The van der Waals surface area contributed by atoms with E-state index in [1.807, 2.05) is 32.3 Å². The lowest BCUT2D eigenvalue weighted by Crippen LogP contribution is -2.26. The molecule has 0 spiro atoms. The summed E-state index contributed by atoms with van der Waals surface area (Å²) < 4.78 is 13.6. The maximum absolute atomic E-state index is 11.9. The molecular formula is C13H22N2OS. The summed E-state index contributed by atoms with van der Waals surface area (Å²) in [6.45, 7) is 6.38. The first-order valence-electron chi connectivity index (χ1n) is 5.77. The molecule has 0 saturated carbocycles. The van der Waals surface area contributed by atoms with E-state index in [9.17, 15) is 4.21 Å². The van der Waals surface area contributed by atoms with Crippen LogP contribution in [0.3, 0.4) is 0 Å². The van der Waals surface area contributed by atoms with Gasteiger partial charge in [0.25, 0.3) is 0 Å². The number of benzene rings is 1. The third kappa shape index (κ3) is 3.30. The maximum Gasteiger partial charge on any atom is 0.127 e. The molecule has 0 saturated heterocycles. The second-order valence-corrected chi connectivity index (χ2v) is 6.41. The van der Waals surface area contributed by atoms with E-state index in [2.05, 4.69) is 32.7 Å². The van der Waals surface area contributed by atoms with Gasteiger partial charge in [0.1, 0.15) is 11.0 Å². The molecule has 0 radical (unpaired) electrons. The molecule has 0 aromatic heterocycles. The third-order valence-corrected chi connectivity index (χ3v) is 4.18. The van der Waals surface area contributed by atoms with Crippen LogP contribution < -0.4 is 4.90 Å². The van der Waals surface area contributed by atoms with E-state index in [0.717, 1.165) is 10.5 Å². The first-order chi connectivity index (χ1) is 7.84. The van der Waals surface area contributed by atoms with E-state index in [-0.39, 0.29) is 0 Å². The van der Waals surface area contributed by atoms with Crippen LogP contribution in [0.1, 0.15) is 19.4 Å². The van der Waals surface area contributed by atoms with E-state index >= 15 is 0 Å². The zero-order valence-corrected chi connectivity index (χ0v) is 12.3. The van der Waals surface area contributed by atoms with Gasteiger partial charge < -0.3 is 4.90 Å². The van der Waals surface area contributed by atoms with Crippen LogP contribution in [0.25, 0.3) is 0 Å². The normalized spacial score (nSPS) is 13.2. The van der Waals surface area contributed by atoms with Crippen molar-refractivity contribution in [3.63, 3.8) is 0 Å². The fourth-order valence-corrected chi connectivity index (χ4v) is 2.50. The molecule has 0 aliphatic rings. The van der Waals surface area contributed by atoms with Crippen molar-refractivity contribution in [1.82, 2.24) is 4.31 Å². The predicted molar refractivity (Wildman–Crippen MR) is 74.8 cm³/mol. The standard InChI is InChI=1S/C13H22N2OS/c1-10(2)15(6)13-8-7-12(9-11(13)3)17(16)14(4)5/h7-10H,1-6H3. The average molecular weight is 254 g/mol. The fourth-order valence-electron chi connectivity index (χ4n) is 1.62. The second-order valence-electron chi connectivity index (χ2n) is 4.71. The zero-order chi connectivity index (χ0) is 13.2. The molecule has 4 heteroatoms. The molecule has 0 bridgehead atoms. The number of nitrogens with zero attached hydrogens (tertiary/aromatic N) is 2. The molecule has 1 unspecified atom stereocenters. The lowest BCUT2D eigenvalue weighted by molar-refractivity contribution is 0.602. The van der Waals surface area contributed by atoms with Crippen molar-refractivity contribution < 1.29 is 4.21 Å². The minimum atomic E-state index is -1.06. The van der Waals surface area contributed by atoms with Crippen molar-refractivity contribution >= 4 is 16.7 Å². The van der Waals surface area contributed by atoms with Crippen LogP contribution in [-0.4, -0.2) is 35.7 Å². The van der Waals surface area contributed by atoms with Crippen LogP contribution in [0.4, 0.5) is 5.69 Å². The highest BCUT2D eigenvalue weighted by Crippen LogP contribution is 2.23. The molecule has 96 valence electrons. The molecule has 17 heavy (non-hydrogen) atoms. The molecule has 0 aliphatic heterocycles. The van der Waals surface area contributed by atoms with Crippen LogP contribution >= 0.6 is 0 Å². The molecule has 0 N–H and O–H groups in total. The Morgan fingerprint density at radius 2 is 1.76 bits per heavy atom. The lowest BCUT2D eigenvalue weighted by atomic mass is 10.1. The Balaban J connectivity index is 3.06. The molecule has 1 atom stereocenters. The highest BCUT2D eigenvalue weighted by molar-refractivity contribution is 7.82. The number of anilines is 1. The Morgan fingerprint density at radius 1 is 1.18 bits per heavy atom. The van der Waals surface area contributed by atoms with E-state index in [1.165, 1.54) is 5.69 Å². The Kier molecular flexibility index (Phi) is 4.71. The van der Waals surface area contributed by atoms with E-state index in [4.69, 9.17) is 0 Å². The third-order valence-electron chi connectivity index (χ3n) is 2.86. The van der Waals surface area contributed by atoms with Crippen molar-refractivity contribution in [2.45, 2.75) is 31.7 Å². The van der Waals surface area contributed by atoms with Gasteiger partial charge in [-0.05, 0) is 58.6 Å². The fraction of sp³-hybridized carbons (Fsp3) is 0.538. The van der Waals surface area contributed by atoms with Crippen molar-refractivity contribution in [3.05, 3.63) is 23.8 Å². The summed E-state index contributed by atoms with van der Waals surface area (Å²) in [6.07, 6.45) is 0. The predicted octanol–water partition coefficient (Wildman–Crippen LogP) is 2.42. The molecule has 0 fully saturated rings. The van der Waals surface area contributed by atoms with Crippen molar-refractivity contribution in [2.24, 2.45) is 0 Å². The first kappa shape index (κ1) is 14.2. The monoisotopic (exact) mass is 254 g/mol. The van der Waals surface area contributed by atoms with Crippen molar-refractivity contribution in [1.29, 1.82) is 0 Å². The summed E-state index contributed by atoms with van der Waals surface area (Å²) in [4.78, 5) is 3.07. The Bertz CT molecular complexity index is 416. The molecule has 0 amide bonds. The topological polar surface area (TPSA) is 23.6 Å². The van der Waals surface area contributed by atoms with Crippen LogP contribution in [0.2, 0.25) is 0 Å². The van der Waals surface area contributed by atoms with Gasteiger partial charge in [0.05, 0.1) is 4.90 Å². The van der Waals surface area contributed by atoms with Gasteiger partial charge in [0, 0.05) is 18.8 Å². The maximum atomic E-state index is 11.9. The summed E-state index contributed by atoms with van der Waals surface area (Å²) in [7, 11) is 4.65. The van der Waals surface area contributed by atoms with Gasteiger partial charge in [-0.1, -0.05) is 0 Å². The highest BCUT2D eigenvalue weighted by Gasteiger charge is 2.11. The number of hydrogen-bond donors (Lipinski definition) is 0. The van der Waals surface area contributed by atoms with Gasteiger partial charge in [-0.2, -0.15) is 0 Å². The van der Waals surface area contributed by atoms with Crippen LogP contribution in [-0.2, 0) is 11.0 Å². The smallest absolute Gasteiger partial charge is 0.127 e. The van der Waals surface area contributed by atoms with E-state index in [0.29, 0.717) is 6.04 Å². The zero-order valence-electron chi connectivity index (χ0n) is 11.5. The summed E-state index contributed by atoms with van der Waals surface area (Å²) in [5.41, 5.74) is 2.36. The van der Waals surface area contributed by atoms with Crippen molar-refractivity contribution in [2.75, 3.05) is 26.0 Å². The summed E-state index contributed by atoms with van der Waals surface area (Å²) in [5.74, 6) is 0. The molecule has 0 aliphatic carbocycles. The van der Waals surface area contributed by atoms with Gasteiger partial charge in [-0.3, -0.25) is 0 Å². The van der Waals surface area contributed by atoms with Gasteiger partial charge in [0.15, 0.2) is 0 Å². The largest absolute Gasteiger partial charge is 0.372 e. The summed E-state index contributed by atoms with van der Waals surface area (Å²) >= 11 is 0. The molecule has 1 rings (SSSR count). The summed E-state index contributed by atoms with van der Waals surface area (Å²) in [6, 6.07) is 6.45. The van der Waals surface area contributed by atoms with Gasteiger partial charge in [-0.25, -0.2) is 8.51 Å². The van der Waals surface area contributed by atoms with Crippen LogP contribution in [0, 0.1) is 6.92 Å². The highest BCUT2D eigenvalue weighted by atomic mass is 32.2. The average Bonchev–Trinajstić information content (AvgIpc) is 2.26. The van der Waals surface area contributed by atoms with Crippen LogP contribution in [0.15, 0.2) is 23.1 Å². The van der Waals surface area contributed by atoms with Gasteiger partial charge in [0.2, 0.25) is 0 Å². The quantitative estimate of drug-likeness (QED) is 0.824. The van der Waals surface area contributed by atoms with Crippen molar-refractivity contribution in [3.8, 4) is 0 Å². The minimum absolute atomic E-state index is 0.457. The molecular weight excluding hydrogens is 232 g/mol. The summed E-state index contributed by atoms with van der Waals surface area (Å²) in [5, 5.41) is 0. The molecule has 1 aromatic carbocycles. The van der Waals surface area contributed by atoms with E-state index in [1.54, 1.807) is 4.31 Å². The SMILES string of the molecule is Cc1cc(S(=O)N(C)C)ccc1N(C)C(C)C. The number of aryl methyl sites for hydroxylation is 1. The van der Waals surface area contributed by atoms with Gasteiger partial charge >= 0.3 is 0 Å². The molecule has 0 heterocycles. The number of hydrogen-bond acceptors (Lipinski definition) is 2. The first-order valence-corrected chi connectivity index (χ1v) is 6.88. The Morgan fingerprint density at radius 3 is 2.18 bits per heavy atom. The lowest BCUT2D eigenvalue weighted by Gasteiger charge is -2.26. The van der Waals surface area contributed by atoms with E-state index < -0.39 is 11.0 Å². The minimum Gasteiger partial charge on any atom is -0.372 e. The Labute approximate surface area is 107 Å². The van der Waals surface area contributed by atoms with Gasteiger partial charge in [-0.15, -0.1) is 0 Å². The second kappa shape index (κ2) is 5.65. The molecule has 3 nitrogen and oxygen atoms in total.